The minimum atomic E-state index is -0.215. The lowest BCUT2D eigenvalue weighted by Gasteiger charge is -2.03. The van der Waals surface area contributed by atoms with Crippen LogP contribution in [0.5, 0.6) is 0 Å². The molecule has 0 unspecified atom stereocenters. The van der Waals surface area contributed by atoms with E-state index in [4.69, 9.17) is 0 Å². The number of carbonyl (C=O) groups is 1. The topological polar surface area (TPSA) is 79.8 Å². The maximum Gasteiger partial charge on any atom is 0.257 e. The molecular formula is C11H13N5OS. The van der Waals surface area contributed by atoms with E-state index in [1.165, 1.54) is 11.3 Å². The van der Waals surface area contributed by atoms with Gasteiger partial charge >= 0.3 is 0 Å². The third-order valence-electron chi connectivity index (χ3n) is 2.27. The third kappa shape index (κ3) is 2.80. The van der Waals surface area contributed by atoms with Crippen molar-refractivity contribution in [3.05, 3.63) is 28.9 Å². The Balaban J connectivity index is 2.11. The highest BCUT2D eigenvalue weighted by atomic mass is 32.1. The van der Waals surface area contributed by atoms with Gasteiger partial charge in [0.1, 0.15) is 10.8 Å². The van der Waals surface area contributed by atoms with Crippen LogP contribution in [0, 0.1) is 0 Å². The van der Waals surface area contributed by atoms with Crippen molar-refractivity contribution in [2.45, 2.75) is 13.3 Å². The largest absolute Gasteiger partial charge is 0.373 e. The summed E-state index contributed by atoms with van der Waals surface area (Å²) in [6.45, 7) is 1.99. The monoisotopic (exact) mass is 263 g/mol. The molecule has 0 spiro atoms. The number of aryl methyl sites for hydroxylation is 1. The van der Waals surface area contributed by atoms with Crippen molar-refractivity contribution in [2.75, 3.05) is 17.7 Å². The van der Waals surface area contributed by atoms with Crippen LogP contribution >= 0.6 is 11.3 Å². The highest BCUT2D eigenvalue weighted by molar-refractivity contribution is 7.15. The lowest BCUT2D eigenvalue weighted by atomic mass is 10.2. The van der Waals surface area contributed by atoms with Crippen LogP contribution < -0.4 is 10.6 Å². The van der Waals surface area contributed by atoms with Gasteiger partial charge in [0.15, 0.2) is 0 Å². The summed E-state index contributed by atoms with van der Waals surface area (Å²) in [6.07, 6.45) is 2.39. The molecule has 0 bridgehead atoms. The van der Waals surface area contributed by atoms with Gasteiger partial charge in [-0.1, -0.05) is 18.3 Å². The van der Waals surface area contributed by atoms with Crippen LogP contribution in [0.2, 0.25) is 0 Å². The average molecular weight is 263 g/mol. The van der Waals surface area contributed by atoms with Crippen molar-refractivity contribution in [3.8, 4) is 0 Å². The number of carbonyl (C=O) groups excluding carboxylic acids is 1. The molecule has 1 amide bonds. The number of amides is 1. The molecule has 2 aromatic rings. The first-order valence-electron chi connectivity index (χ1n) is 5.50. The summed E-state index contributed by atoms with van der Waals surface area (Å²) in [7, 11) is 1.75. The van der Waals surface area contributed by atoms with Gasteiger partial charge in [-0.25, -0.2) is 4.98 Å². The molecule has 2 heterocycles. The zero-order valence-corrected chi connectivity index (χ0v) is 10.9. The first-order valence-corrected chi connectivity index (χ1v) is 6.32. The summed E-state index contributed by atoms with van der Waals surface area (Å²) >= 11 is 1.38. The van der Waals surface area contributed by atoms with E-state index in [-0.39, 0.29) is 5.91 Å². The number of pyridine rings is 1. The molecule has 0 radical (unpaired) electrons. The SMILES string of the molecule is CCc1nnc(NC(=O)c2ccnc(NC)c2)s1. The molecule has 2 rings (SSSR count). The second-order valence-electron chi connectivity index (χ2n) is 3.49. The summed E-state index contributed by atoms with van der Waals surface area (Å²) in [5.74, 6) is 0.432. The van der Waals surface area contributed by atoms with E-state index < -0.39 is 0 Å². The Labute approximate surface area is 108 Å². The summed E-state index contributed by atoms with van der Waals surface area (Å²) in [4.78, 5) is 16.0. The molecule has 0 aliphatic rings. The van der Waals surface area contributed by atoms with E-state index >= 15 is 0 Å². The van der Waals surface area contributed by atoms with Gasteiger partial charge in [-0.2, -0.15) is 0 Å². The molecule has 0 saturated heterocycles. The number of nitrogens with zero attached hydrogens (tertiary/aromatic N) is 3. The number of hydrogen-bond acceptors (Lipinski definition) is 6. The Kier molecular flexibility index (Phi) is 3.83. The van der Waals surface area contributed by atoms with Crippen LogP contribution in [-0.4, -0.2) is 28.1 Å². The molecule has 0 aliphatic heterocycles. The molecule has 2 aromatic heterocycles. The Morgan fingerprint density at radius 3 is 2.94 bits per heavy atom. The molecule has 0 fully saturated rings. The van der Waals surface area contributed by atoms with E-state index in [9.17, 15) is 4.79 Å². The van der Waals surface area contributed by atoms with Gasteiger partial charge in [0.05, 0.1) is 0 Å². The van der Waals surface area contributed by atoms with Crippen LogP contribution in [0.4, 0.5) is 10.9 Å². The third-order valence-corrected chi connectivity index (χ3v) is 3.25. The van der Waals surface area contributed by atoms with E-state index in [2.05, 4.69) is 25.8 Å². The van der Waals surface area contributed by atoms with E-state index in [1.807, 2.05) is 6.92 Å². The molecule has 0 aromatic carbocycles. The van der Waals surface area contributed by atoms with Gasteiger partial charge in [-0.3, -0.25) is 10.1 Å². The van der Waals surface area contributed by atoms with Crippen molar-refractivity contribution in [1.29, 1.82) is 0 Å². The molecule has 6 nitrogen and oxygen atoms in total. The van der Waals surface area contributed by atoms with Crippen LogP contribution in [0.3, 0.4) is 0 Å². The smallest absolute Gasteiger partial charge is 0.257 e. The first-order chi connectivity index (χ1) is 8.72. The molecule has 0 aliphatic carbocycles. The van der Waals surface area contributed by atoms with Gasteiger partial charge in [-0.15, -0.1) is 10.2 Å². The second kappa shape index (κ2) is 5.54. The lowest BCUT2D eigenvalue weighted by Crippen LogP contribution is -2.12. The van der Waals surface area contributed by atoms with E-state index in [0.717, 1.165) is 11.4 Å². The summed E-state index contributed by atoms with van der Waals surface area (Å²) < 4.78 is 0. The highest BCUT2D eigenvalue weighted by Crippen LogP contribution is 2.16. The Bertz CT molecular complexity index is 554. The standard InChI is InChI=1S/C11H13N5OS/c1-3-9-15-16-11(18-9)14-10(17)7-4-5-13-8(6-7)12-2/h4-6H,3H2,1-2H3,(H,12,13)(H,14,16,17). The fourth-order valence-corrected chi connectivity index (χ4v) is 2.00. The average Bonchev–Trinajstić information content (AvgIpc) is 2.86. The van der Waals surface area contributed by atoms with Gasteiger partial charge < -0.3 is 5.32 Å². The van der Waals surface area contributed by atoms with Crippen molar-refractivity contribution in [3.63, 3.8) is 0 Å². The minimum Gasteiger partial charge on any atom is -0.373 e. The fraction of sp³-hybridized carbons (Fsp3) is 0.273. The van der Waals surface area contributed by atoms with Crippen LogP contribution in [0.15, 0.2) is 18.3 Å². The second-order valence-corrected chi connectivity index (χ2v) is 4.55. The van der Waals surface area contributed by atoms with Crippen LogP contribution in [0.25, 0.3) is 0 Å². The van der Waals surface area contributed by atoms with Crippen LogP contribution in [-0.2, 0) is 6.42 Å². The molecular weight excluding hydrogens is 250 g/mol. The Morgan fingerprint density at radius 2 is 2.28 bits per heavy atom. The van der Waals surface area contributed by atoms with Gasteiger partial charge in [-0.05, 0) is 18.6 Å². The van der Waals surface area contributed by atoms with Crippen molar-refractivity contribution >= 4 is 28.2 Å². The Morgan fingerprint density at radius 1 is 1.44 bits per heavy atom. The summed E-state index contributed by atoms with van der Waals surface area (Å²) in [5.41, 5.74) is 0.530. The number of nitrogens with one attached hydrogen (secondary N) is 2. The molecule has 7 heteroatoms. The maximum absolute atomic E-state index is 12.0. The predicted octanol–water partition coefficient (Wildman–Crippen LogP) is 1.79. The van der Waals surface area contributed by atoms with Crippen molar-refractivity contribution in [2.24, 2.45) is 0 Å². The summed E-state index contributed by atoms with van der Waals surface area (Å²) in [6, 6.07) is 3.33. The first kappa shape index (κ1) is 12.4. The highest BCUT2D eigenvalue weighted by Gasteiger charge is 2.10. The van der Waals surface area contributed by atoms with Crippen LogP contribution in [0.1, 0.15) is 22.3 Å². The quantitative estimate of drug-likeness (QED) is 0.879. The number of anilines is 2. The van der Waals surface area contributed by atoms with Crippen molar-refractivity contribution in [1.82, 2.24) is 15.2 Å². The summed E-state index contributed by atoms with van der Waals surface area (Å²) in [5, 5.41) is 14.9. The van der Waals surface area contributed by atoms with Gasteiger partial charge in [0.2, 0.25) is 5.13 Å². The molecule has 0 atom stereocenters. The molecule has 18 heavy (non-hydrogen) atoms. The molecule has 94 valence electrons. The maximum atomic E-state index is 12.0. The molecule has 2 N–H and O–H groups in total. The fourth-order valence-electron chi connectivity index (χ4n) is 1.32. The molecule has 0 saturated carbocycles. The number of hydrogen-bond donors (Lipinski definition) is 2. The normalized spacial score (nSPS) is 10.1. The zero-order valence-electron chi connectivity index (χ0n) is 10.1. The lowest BCUT2D eigenvalue weighted by molar-refractivity contribution is 0.102. The number of rotatable bonds is 4. The number of aromatic nitrogens is 3. The van der Waals surface area contributed by atoms with Crippen molar-refractivity contribution < 1.29 is 4.79 Å². The Hall–Kier alpha value is -2.02. The van der Waals surface area contributed by atoms with Gasteiger partial charge in [0, 0.05) is 18.8 Å². The van der Waals surface area contributed by atoms with E-state index in [0.29, 0.717) is 16.5 Å². The zero-order chi connectivity index (χ0) is 13.0. The van der Waals surface area contributed by atoms with E-state index in [1.54, 1.807) is 25.4 Å². The minimum absolute atomic E-state index is 0.215. The predicted molar refractivity (Wildman–Crippen MR) is 71.0 cm³/mol. The van der Waals surface area contributed by atoms with Gasteiger partial charge in [0.25, 0.3) is 5.91 Å².